The molecule has 0 heterocycles. The molecule has 0 saturated heterocycles. The van der Waals surface area contributed by atoms with Gasteiger partial charge >= 0.3 is 0 Å². The average molecular weight is 314 g/mol. The third-order valence-electron chi connectivity index (χ3n) is 3.15. The van der Waals surface area contributed by atoms with Gasteiger partial charge in [0, 0.05) is 19.7 Å². The molecule has 0 fully saturated rings. The molecule has 2 N–H and O–H groups in total. The second kappa shape index (κ2) is 8.48. The summed E-state index contributed by atoms with van der Waals surface area (Å²) in [5, 5.41) is 3.30. The van der Waals surface area contributed by atoms with Gasteiger partial charge in [0.15, 0.2) is 0 Å². The first-order valence-electron chi connectivity index (χ1n) is 7.22. The number of nitrogens with one attached hydrogen (secondary N) is 2. The molecule has 0 radical (unpaired) electrons. The van der Waals surface area contributed by atoms with Gasteiger partial charge in [-0.05, 0) is 50.1 Å². The van der Waals surface area contributed by atoms with E-state index in [0.717, 1.165) is 24.1 Å². The molecule has 1 atom stereocenters. The number of ether oxygens (including phenoxy) is 1. The largest absolute Gasteiger partial charge is 0.383 e. The van der Waals surface area contributed by atoms with Crippen LogP contribution >= 0.6 is 0 Å². The van der Waals surface area contributed by atoms with Crippen LogP contribution in [0.2, 0.25) is 0 Å². The van der Waals surface area contributed by atoms with Crippen LogP contribution in [0.4, 0.5) is 0 Å². The highest BCUT2D eigenvalue weighted by atomic mass is 32.2. The zero-order valence-electron chi connectivity index (χ0n) is 13.3. The van der Waals surface area contributed by atoms with Crippen LogP contribution in [0.15, 0.2) is 23.1 Å². The SMILES string of the molecule is CCCNCc1cc(S(=O)(=O)NC(C)COC)ccc1C. The molecule has 0 amide bonds. The summed E-state index contributed by atoms with van der Waals surface area (Å²) >= 11 is 0. The van der Waals surface area contributed by atoms with E-state index in [9.17, 15) is 8.42 Å². The predicted octanol–water partition coefficient (Wildman–Crippen LogP) is 1.81. The van der Waals surface area contributed by atoms with Gasteiger partial charge in [-0.1, -0.05) is 13.0 Å². The number of methoxy groups -OCH3 is 1. The molecule has 1 aromatic rings. The molecule has 1 aromatic carbocycles. The summed E-state index contributed by atoms with van der Waals surface area (Å²) < 4.78 is 32.2. The van der Waals surface area contributed by atoms with E-state index < -0.39 is 10.0 Å². The van der Waals surface area contributed by atoms with Crippen LogP contribution in [0.5, 0.6) is 0 Å². The van der Waals surface area contributed by atoms with Crippen molar-refractivity contribution in [3.63, 3.8) is 0 Å². The molecule has 0 aliphatic rings. The first-order chi connectivity index (χ1) is 9.90. The van der Waals surface area contributed by atoms with E-state index in [1.165, 1.54) is 0 Å². The van der Waals surface area contributed by atoms with Crippen molar-refractivity contribution in [2.75, 3.05) is 20.3 Å². The van der Waals surface area contributed by atoms with E-state index in [2.05, 4.69) is 17.0 Å². The molecule has 0 bridgehead atoms. The van der Waals surface area contributed by atoms with Crippen LogP contribution in [0.3, 0.4) is 0 Å². The standard InChI is InChI=1S/C15H26N2O3S/c1-5-8-16-10-14-9-15(7-6-12(14)2)21(18,19)17-13(3)11-20-4/h6-7,9,13,16-17H,5,8,10-11H2,1-4H3. The Bertz CT molecular complexity index is 544. The Morgan fingerprint density at radius 3 is 2.67 bits per heavy atom. The highest BCUT2D eigenvalue weighted by molar-refractivity contribution is 7.89. The summed E-state index contributed by atoms with van der Waals surface area (Å²) in [7, 11) is -1.96. The molecule has 120 valence electrons. The predicted molar refractivity (Wildman–Crippen MR) is 84.8 cm³/mol. The van der Waals surface area contributed by atoms with Crippen molar-refractivity contribution in [3.8, 4) is 0 Å². The lowest BCUT2D eigenvalue weighted by molar-refractivity contribution is 0.180. The van der Waals surface area contributed by atoms with Crippen molar-refractivity contribution >= 4 is 10.0 Å². The molecular weight excluding hydrogens is 288 g/mol. The molecule has 6 heteroatoms. The molecule has 0 aromatic heterocycles. The number of hydrogen-bond acceptors (Lipinski definition) is 4. The Morgan fingerprint density at radius 1 is 1.33 bits per heavy atom. The zero-order valence-corrected chi connectivity index (χ0v) is 14.1. The molecule has 1 rings (SSSR count). The monoisotopic (exact) mass is 314 g/mol. The third-order valence-corrected chi connectivity index (χ3v) is 4.73. The van der Waals surface area contributed by atoms with Gasteiger partial charge in [-0.3, -0.25) is 0 Å². The van der Waals surface area contributed by atoms with Gasteiger partial charge in [-0.15, -0.1) is 0 Å². The Morgan fingerprint density at radius 2 is 2.05 bits per heavy atom. The van der Waals surface area contributed by atoms with Crippen molar-refractivity contribution in [2.24, 2.45) is 0 Å². The highest BCUT2D eigenvalue weighted by Crippen LogP contribution is 2.16. The maximum absolute atomic E-state index is 12.3. The smallest absolute Gasteiger partial charge is 0.240 e. The van der Waals surface area contributed by atoms with E-state index in [1.54, 1.807) is 26.2 Å². The van der Waals surface area contributed by atoms with Crippen LogP contribution in [0.1, 0.15) is 31.4 Å². The highest BCUT2D eigenvalue weighted by Gasteiger charge is 2.18. The van der Waals surface area contributed by atoms with Crippen molar-refractivity contribution in [1.29, 1.82) is 0 Å². The normalized spacial score (nSPS) is 13.3. The van der Waals surface area contributed by atoms with Crippen LogP contribution in [-0.2, 0) is 21.3 Å². The minimum atomic E-state index is -3.51. The molecule has 0 saturated carbocycles. The van der Waals surface area contributed by atoms with Gasteiger partial charge in [0.25, 0.3) is 0 Å². The van der Waals surface area contributed by atoms with E-state index >= 15 is 0 Å². The number of rotatable bonds is 9. The summed E-state index contributed by atoms with van der Waals surface area (Å²) in [5.74, 6) is 0. The summed E-state index contributed by atoms with van der Waals surface area (Å²) in [5.41, 5.74) is 2.09. The number of aryl methyl sites for hydroxylation is 1. The van der Waals surface area contributed by atoms with Crippen molar-refractivity contribution in [2.45, 2.75) is 44.7 Å². The maximum atomic E-state index is 12.3. The van der Waals surface area contributed by atoms with Gasteiger partial charge < -0.3 is 10.1 Å². The third kappa shape index (κ3) is 5.74. The minimum Gasteiger partial charge on any atom is -0.383 e. The lowest BCUT2D eigenvalue weighted by Gasteiger charge is -2.15. The maximum Gasteiger partial charge on any atom is 0.240 e. The first-order valence-corrected chi connectivity index (χ1v) is 8.70. The Hall–Kier alpha value is -0.950. The van der Waals surface area contributed by atoms with E-state index in [0.29, 0.717) is 18.0 Å². The van der Waals surface area contributed by atoms with Crippen molar-refractivity contribution in [3.05, 3.63) is 29.3 Å². The fourth-order valence-corrected chi connectivity index (χ4v) is 3.30. The topological polar surface area (TPSA) is 67.4 Å². The molecule has 5 nitrogen and oxygen atoms in total. The van der Waals surface area contributed by atoms with Gasteiger partial charge in [-0.2, -0.15) is 0 Å². The van der Waals surface area contributed by atoms with Gasteiger partial charge in [0.1, 0.15) is 0 Å². The van der Waals surface area contributed by atoms with Crippen molar-refractivity contribution < 1.29 is 13.2 Å². The molecule has 1 unspecified atom stereocenters. The lowest BCUT2D eigenvalue weighted by Crippen LogP contribution is -2.35. The first kappa shape index (κ1) is 18.1. The number of benzene rings is 1. The van der Waals surface area contributed by atoms with Gasteiger partial charge in [0.2, 0.25) is 10.0 Å². The van der Waals surface area contributed by atoms with Gasteiger partial charge in [-0.25, -0.2) is 13.1 Å². The fraction of sp³-hybridized carbons (Fsp3) is 0.600. The van der Waals surface area contributed by atoms with Crippen molar-refractivity contribution in [1.82, 2.24) is 10.0 Å². The molecule has 0 spiro atoms. The fourth-order valence-electron chi connectivity index (χ4n) is 2.02. The second-order valence-corrected chi connectivity index (χ2v) is 6.96. The summed E-state index contributed by atoms with van der Waals surface area (Å²) in [6.07, 6.45) is 1.05. The van der Waals surface area contributed by atoms with E-state index in [1.807, 2.05) is 13.0 Å². The lowest BCUT2D eigenvalue weighted by atomic mass is 10.1. The van der Waals surface area contributed by atoms with E-state index in [-0.39, 0.29) is 6.04 Å². The molecular formula is C15H26N2O3S. The van der Waals surface area contributed by atoms with Crippen LogP contribution in [0.25, 0.3) is 0 Å². The molecule has 0 aliphatic heterocycles. The average Bonchev–Trinajstić information content (AvgIpc) is 2.40. The number of hydrogen-bond donors (Lipinski definition) is 2. The Balaban J connectivity index is 2.89. The van der Waals surface area contributed by atoms with Crippen LogP contribution in [-0.4, -0.2) is 34.7 Å². The van der Waals surface area contributed by atoms with E-state index in [4.69, 9.17) is 4.74 Å². The summed E-state index contributed by atoms with van der Waals surface area (Å²) in [6, 6.07) is 4.96. The second-order valence-electron chi connectivity index (χ2n) is 5.24. The van der Waals surface area contributed by atoms with Gasteiger partial charge in [0.05, 0.1) is 11.5 Å². The minimum absolute atomic E-state index is 0.261. The Kier molecular flexibility index (Phi) is 7.31. The summed E-state index contributed by atoms with van der Waals surface area (Å²) in [6.45, 7) is 7.80. The van der Waals surface area contributed by atoms with Crippen LogP contribution < -0.4 is 10.0 Å². The molecule has 21 heavy (non-hydrogen) atoms. The summed E-state index contributed by atoms with van der Waals surface area (Å²) in [4.78, 5) is 0.296. The molecule has 0 aliphatic carbocycles. The van der Waals surface area contributed by atoms with Crippen LogP contribution in [0, 0.1) is 6.92 Å². The number of sulfonamides is 1. The zero-order chi connectivity index (χ0) is 15.9. The Labute approximate surface area is 128 Å². The quantitative estimate of drug-likeness (QED) is 0.682.